The van der Waals surface area contributed by atoms with Gasteiger partial charge in [-0.05, 0) is 41.7 Å². The first-order valence-electron chi connectivity index (χ1n) is 11.7. The number of nitrogens with zero attached hydrogens (tertiary/aromatic N) is 4. The predicted molar refractivity (Wildman–Crippen MR) is 138 cm³/mol. The van der Waals surface area contributed by atoms with Gasteiger partial charge < -0.3 is 10.1 Å². The zero-order valence-electron chi connectivity index (χ0n) is 20.6. The van der Waals surface area contributed by atoms with Crippen LogP contribution in [0.5, 0.6) is 5.75 Å². The van der Waals surface area contributed by atoms with Crippen molar-refractivity contribution in [3.8, 4) is 5.75 Å². The van der Waals surface area contributed by atoms with Crippen LogP contribution in [-0.2, 0) is 4.79 Å². The van der Waals surface area contributed by atoms with Crippen molar-refractivity contribution >= 4 is 35.0 Å². The number of fused-ring (bicyclic) bond motifs is 1. The summed E-state index contributed by atoms with van der Waals surface area (Å²) < 4.78 is 6.73. The number of hydrogen-bond donors (Lipinski definition) is 1. The van der Waals surface area contributed by atoms with Gasteiger partial charge in [0.05, 0.1) is 17.8 Å². The van der Waals surface area contributed by atoms with Crippen molar-refractivity contribution in [2.24, 2.45) is 5.41 Å². The monoisotopic (exact) mass is 519 g/mol. The lowest BCUT2D eigenvalue weighted by molar-refractivity contribution is -0.384. The molecule has 190 valence electrons. The van der Waals surface area contributed by atoms with Crippen LogP contribution in [-0.4, -0.2) is 44.1 Å². The molecule has 0 saturated heterocycles. The van der Waals surface area contributed by atoms with Crippen LogP contribution >= 0.6 is 11.8 Å². The third kappa shape index (κ3) is 4.86. The molecule has 1 atom stereocenters. The number of methoxy groups -OCH3 is 1. The van der Waals surface area contributed by atoms with Gasteiger partial charge in [0.15, 0.2) is 11.6 Å². The van der Waals surface area contributed by atoms with Crippen LogP contribution in [0, 0.1) is 15.5 Å². The molecule has 5 rings (SSSR count). The summed E-state index contributed by atoms with van der Waals surface area (Å²) in [6.07, 6.45) is 0.992. The molecule has 0 spiro atoms. The zero-order chi connectivity index (χ0) is 26.3. The van der Waals surface area contributed by atoms with E-state index in [-0.39, 0.29) is 28.4 Å². The van der Waals surface area contributed by atoms with Crippen LogP contribution in [0.15, 0.2) is 65.0 Å². The molecule has 1 aliphatic heterocycles. The summed E-state index contributed by atoms with van der Waals surface area (Å²) in [6.45, 7) is 4.06. The number of nitrogens with one attached hydrogen (secondary N) is 1. The summed E-state index contributed by atoms with van der Waals surface area (Å²) in [6, 6.07) is 12.5. The Morgan fingerprint density at radius 2 is 2.00 bits per heavy atom. The molecule has 1 aromatic heterocycles. The Balaban J connectivity index is 1.48. The number of hydrogen-bond acceptors (Lipinski definition) is 9. The average molecular weight is 520 g/mol. The molecule has 2 aromatic carbocycles. The number of benzene rings is 2. The Labute approximate surface area is 217 Å². The first-order chi connectivity index (χ1) is 17.6. The van der Waals surface area contributed by atoms with Gasteiger partial charge in [-0.1, -0.05) is 37.7 Å². The number of nitro benzene ring substituents is 1. The number of rotatable bonds is 7. The summed E-state index contributed by atoms with van der Waals surface area (Å²) >= 11 is 1.19. The van der Waals surface area contributed by atoms with E-state index in [4.69, 9.17) is 4.74 Å². The molecule has 0 bridgehead atoms. The lowest BCUT2D eigenvalue weighted by Gasteiger charge is -2.38. The molecule has 0 saturated carbocycles. The summed E-state index contributed by atoms with van der Waals surface area (Å²) in [5.41, 5.74) is 2.12. The molecule has 0 amide bonds. The normalized spacial score (nSPS) is 18.0. The van der Waals surface area contributed by atoms with E-state index in [1.54, 1.807) is 48.2 Å². The molecular formula is C26H25N5O5S. The van der Waals surface area contributed by atoms with E-state index < -0.39 is 11.0 Å². The maximum atomic E-state index is 13.3. The second kappa shape index (κ2) is 9.47. The summed E-state index contributed by atoms with van der Waals surface area (Å²) in [5.74, 6) is 1.11. The summed E-state index contributed by atoms with van der Waals surface area (Å²) in [4.78, 5) is 41.6. The first kappa shape index (κ1) is 24.7. The molecule has 0 fully saturated rings. The molecule has 10 nitrogen and oxygen atoms in total. The van der Waals surface area contributed by atoms with Gasteiger partial charge in [-0.3, -0.25) is 19.7 Å². The number of carbonyl (C=O) groups excluding carboxylic acids is 2. The van der Waals surface area contributed by atoms with E-state index in [2.05, 4.69) is 15.4 Å². The quantitative estimate of drug-likeness (QED) is 0.202. The second-order valence-corrected chi connectivity index (χ2v) is 10.8. The Morgan fingerprint density at radius 3 is 2.70 bits per heavy atom. The third-order valence-electron chi connectivity index (χ3n) is 6.45. The highest BCUT2D eigenvalue weighted by Gasteiger charge is 2.42. The molecule has 0 radical (unpaired) electrons. The highest BCUT2D eigenvalue weighted by Crippen LogP contribution is 2.46. The molecule has 11 heteroatoms. The van der Waals surface area contributed by atoms with Gasteiger partial charge >= 0.3 is 0 Å². The molecule has 0 unspecified atom stereocenters. The Bertz CT molecular complexity index is 1440. The van der Waals surface area contributed by atoms with E-state index in [0.29, 0.717) is 46.4 Å². The average Bonchev–Trinajstić information content (AvgIpc) is 3.27. The van der Waals surface area contributed by atoms with Crippen LogP contribution in [0.3, 0.4) is 0 Å². The summed E-state index contributed by atoms with van der Waals surface area (Å²) in [7, 11) is 1.56. The van der Waals surface area contributed by atoms with E-state index in [0.717, 1.165) is 5.70 Å². The second-order valence-electron chi connectivity index (χ2n) is 9.82. The fourth-order valence-corrected chi connectivity index (χ4v) is 5.48. The van der Waals surface area contributed by atoms with Crippen molar-refractivity contribution in [1.82, 2.24) is 14.8 Å². The van der Waals surface area contributed by atoms with Gasteiger partial charge in [-0.25, -0.2) is 4.68 Å². The van der Waals surface area contributed by atoms with Gasteiger partial charge in [-0.15, -0.1) is 5.10 Å². The maximum absolute atomic E-state index is 13.3. The number of aromatic nitrogens is 3. The highest BCUT2D eigenvalue weighted by atomic mass is 32.2. The van der Waals surface area contributed by atoms with Crippen molar-refractivity contribution in [2.45, 2.75) is 37.9 Å². The molecular weight excluding hydrogens is 494 g/mol. The van der Waals surface area contributed by atoms with Crippen molar-refractivity contribution in [1.29, 1.82) is 0 Å². The standard InChI is InChI=1S/C26H25N5O5S/c1-26(2)12-19-22(20(32)13-26)23(16-5-4-6-17(11-16)31(34)35)30-24(27-19)28-25(29-30)37-14-21(33)15-7-9-18(36-3)10-8-15/h4-11,23H,12-14H2,1-3H3,(H,27,28,29)/t23-/m1/s1. The maximum Gasteiger partial charge on any atom is 0.269 e. The largest absolute Gasteiger partial charge is 0.497 e. The van der Waals surface area contributed by atoms with Crippen LogP contribution in [0.2, 0.25) is 0 Å². The van der Waals surface area contributed by atoms with Gasteiger partial charge in [0.25, 0.3) is 5.69 Å². The molecule has 1 N–H and O–H groups in total. The fourth-order valence-electron chi connectivity index (χ4n) is 4.76. The minimum Gasteiger partial charge on any atom is -0.497 e. The van der Waals surface area contributed by atoms with Gasteiger partial charge in [0.2, 0.25) is 11.1 Å². The molecule has 2 aliphatic rings. The van der Waals surface area contributed by atoms with Crippen LogP contribution < -0.4 is 10.1 Å². The van der Waals surface area contributed by atoms with E-state index in [9.17, 15) is 19.7 Å². The number of non-ortho nitro benzene ring substituents is 1. The van der Waals surface area contributed by atoms with E-state index in [1.165, 1.54) is 23.9 Å². The predicted octanol–water partition coefficient (Wildman–Crippen LogP) is 4.83. The number of carbonyl (C=O) groups is 2. The lowest BCUT2D eigenvalue weighted by atomic mass is 9.73. The fraction of sp³-hybridized carbons (Fsp3) is 0.308. The Hall–Kier alpha value is -3.99. The lowest BCUT2D eigenvalue weighted by Crippen LogP contribution is -2.36. The molecule has 3 aromatic rings. The van der Waals surface area contributed by atoms with Crippen molar-refractivity contribution < 1.29 is 19.2 Å². The molecule has 37 heavy (non-hydrogen) atoms. The van der Waals surface area contributed by atoms with Crippen molar-refractivity contribution in [3.05, 3.63) is 81.0 Å². The summed E-state index contributed by atoms with van der Waals surface area (Å²) in [5, 5.41) is 19.7. The SMILES string of the molecule is COc1ccc(C(=O)CSc2nc3n(n2)[C@H](c2cccc([N+](=O)[O-])c2)C2=C(CC(C)(C)CC2=O)N3)cc1. The number of anilines is 1. The smallest absolute Gasteiger partial charge is 0.269 e. The third-order valence-corrected chi connectivity index (χ3v) is 7.29. The topological polar surface area (TPSA) is 129 Å². The van der Waals surface area contributed by atoms with Gasteiger partial charge in [-0.2, -0.15) is 4.98 Å². The molecule has 2 heterocycles. The Morgan fingerprint density at radius 1 is 1.24 bits per heavy atom. The van der Waals surface area contributed by atoms with Crippen molar-refractivity contribution in [3.63, 3.8) is 0 Å². The number of allylic oxidation sites excluding steroid dienone is 2. The number of thioether (sulfide) groups is 1. The first-order valence-corrected chi connectivity index (χ1v) is 12.7. The highest BCUT2D eigenvalue weighted by molar-refractivity contribution is 7.99. The minimum atomic E-state index is -0.658. The number of ether oxygens (including phenoxy) is 1. The van der Waals surface area contributed by atoms with Crippen LogP contribution in [0.4, 0.5) is 11.6 Å². The minimum absolute atomic E-state index is 0.0275. The Kier molecular flexibility index (Phi) is 6.32. The van der Waals surface area contributed by atoms with Crippen LogP contribution in [0.25, 0.3) is 0 Å². The van der Waals surface area contributed by atoms with E-state index >= 15 is 0 Å². The number of Topliss-reactive ketones (excluding diaryl/α,β-unsaturated/α-hetero) is 2. The van der Waals surface area contributed by atoms with Gasteiger partial charge in [0.1, 0.15) is 11.8 Å². The van der Waals surface area contributed by atoms with Crippen molar-refractivity contribution in [2.75, 3.05) is 18.2 Å². The van der Waals surface area contributed by atoms with E-state index in [1.807, 2.05) is 13.8 Å². The van der Waals surface area contributed by atoms with Crippen LogP contribution in [0.1, 0.15) is 48.7 Å². The number of ketones is 2. The zero-order valence-corrected chi connectivity index (χ0v) is 21.4. The molecule has 1 aliphatic carbocycles. The number of nitro groups is 1. The van der Waals surface area contributed by atoms with Gasteiger partial charge in [0, 0.05) is 35.4 Å².